The molecule has 1 atom stereocenters. The Morgan fingerprint density at radius 2 is 2.13 bits per heavy atom. The molecule has 0 spiro atoms. The first kappa shape index (κ1) is 11.7. The molecule has 82 valence electrons. The van der Waals surface area contributed by atoms with Crippen LogP contribution in [0.15, 0.2) is 12.1 Å². The summed E-state index contributed by atoms with van der Waals surface area (Å²) in [6.45, 7) is 3.29. The highest BCUT2D eigenvalue weighted by Gasteiger charge is 2.16. The molecule has 3 nitrogen and oxygen atoms in total. The second kappa shape index (κ2) is 4.40. The van der Waals surface area contributed by atoms with Crippen LogP contribution in [0.2, 0.25) is 0 Å². The van der Waals surface area contributed by atoms with Crippen molar-refractivity contribution in [3.05, 3.63) is 29.1 Å². The van der Waals surface area contributed by atoms with Crippen LogP contribution in [-0.4, -0.2) is 18.9 Å². The van der Waals surface area contributed by atoms with E-state index >= 15 is 0 Å². The molecule has 0 bridgehead atoms. The van der Waals surface area contributed by atoms with Crippen molar-refractivity contribution >= 4 is 5.78 Å². The largest absolute Gasteiger partial charge is 0.494 e. The van der Waals surface area contributed by atoms with Crippen molar-refractivity contribution < 1.29 is 13.9 Å². The first-order valence-corrected chi connectivity index (χ1v) is 4.61. The number of rotatable bonds is 3. The van der Waals surface area contributed by atoms with Crippen LogP contribution < -0.4 is 10.5 Å². The third-order valence-corrected chi connectivity index (χ3v) is 2.18. The summed E-state index contributed by atoms with van der Waals surface area (Å²) in [7, 11) is 1.38. The maximum absolute atomic E-state index is 13.3. The van der Waals surface area contributed by atoms with Crippen LogP contribution in [-0.2, 0) is 0 Å². The van der Waals surface area contributed by atoms with Gasteiger partial charge in [-0.15, -0.1) is 0 Å². The summed E-state index contributed by atoms with van der Waals surface area (Å²) >= 11 is 0. The maximum atomic E-state index is 13.3. The summed E-state index contributed by atoms with van der Waals surface area (Å²) in [5.74, 6) is -0.685. The number of carbonyl (C=O) groups excluding carboxylic acids is 1. The molecule has 1 unspecified atom stereocenters. The molecule has 0 saturated heterocycles. The molecule has 2 N–H and O–H groups in total. The van der Waals surface area contributed by atoms with Crippen LogP contribution in [0.1, 0.15) is 22.8 Å². The molecule has 0 saturated carbocycles. The summed E-state index contributed by atoms with van der Waals surface area (Å²) in [5.41, 5.74) is 6.43. The fraction of sp³-hybridized carbons (Fsp3) is 0.364. The SMILES string of the molecule is COc1cc(C)c(C(=O)C(C)N)cc1F. The number of nitrogens with two attached hydrogens (primary N) is 1. The monoisotopic (exact) mass is 211 g/mol. The van der Waals surface area contributed by atoms with E-state index in [-0.39, 0.29) is 11.5 Å². The van der Waals surface area contributed by atoms with Crippen molar-refractivity contribution in [1.29, 1.82) is 0 Å². The van der Waals surface area contributed by atoms with E-state index in [1.165, 1.54) is 19.2 Å². The van der Waals surface area contributed by atoms with Gasteiger partial charge in [0, 0.05) is 5.56 Å². The molecule has 0 aliphatic carbocycles. The lowest BCUT2D eigenvalue weighted by Crippen LogP contribution is -2.27. The van der Waals surface area contributed by atoms with Gasteiger partial charge in [0.15, 0.2) is 17.3 Å². The normalized spacial score (nSPS) is 12.3. The standard InChI is InChI=1S/C11H14FNO2/c1-6-4-10(15-3)9(12)5-8(6)11(14)7(2)13/h4-5,7H,13H2,1-3H3. The number of hydrogen-bond donors (Lipinski definition) is 1. The summed E-state index contributed by atoms with van der Waals surface area (Å²) in [6.07, 6.45) is 0. The Morgan fingerprint density at radius 3 is 2.60 bits per heavy atom. The first-order chi connectivity index (χ1) is 6.97. The Bertz CT molecular complexity index is 388. The van der Waals surface area contributed by atoms with Crippen molar-refractivity contribution in [2.45, 2.75) is 19.9 Å². The molecule has 1 aromatic carbocycles. The van der Waals surface area contributed by atoms with Gasteiger partial charge < -0.3 is 10.5 Å². The Kier molecular flexibility index (Phi) is 3.42. The zero-order chi connectivity index (χ0) is 11.6. The van der Waals surface area contributed by atoms with E-state index in [1.807, 2.05) is 0 Å². The van der Waals surface area contributed by atoms with Gasteiger partial charge in [-0.2, -0.15) is 0 Å². The van der Waals surface area contributed by atoms with Crippen LogP contribution in [0.25, 0.3) is 0 Å². The Labute approximate surface area is 88.0 Å². The molecule has 15 heavy (non-hydrogen) atoms. The van der Waals surface area contributed by atoms with Crippen LogP contribution in [0.4, 0.5) is 4.39 Å². The van der Waals surface area contributed by atoms with Crippen LogP contribution in [0.3, 0.4) is 0 Å². The summed E-state index contributed by atoms with van der Waals surface area (Å²) in [6, 6.07) is 2.03. The molecular weight excluding hydrogens is 197 g/mol. The zero-order valence-corrected chi connectivity index (χ0v) is 9.00. The number of ether oxygens (including phenoxy) is 1. The van der Waals surface area contributed by atoms with Gasteiger partial charge in [-0.25, -0.2) is 4.39 Å². The molecule has 0 fully saturated rings. The highest BCUT2D eigenvalue weighted by molar-refractivity contribution is 6.01. The maximum Gasteiger partial charge on any atom is 0.179 e. The second-order valence-corrected chi connectivity index (χ2v) is 3.45. The third-order valence-electron chi connectivity index (χ3n) is 2.18. The fourth-order valence-corrected chi connectivity index (χ4v) is 1.32. The molecule has 0 aliphatic heterocycles. The fourth-order valence-electron chi connectivity index (χ4n) is 1.32. The zero-order valence-electron chi connectivity index (χ0n) is 9.00. The smallest absolute Gasteiger partial charge is 0.179 e. The van der Waals surface area contributed by atoms with E-state index in [1.54, 1.807) is 13.8 Å². The van der Waals surface area contributed by atoms with E-state index in [4.69, 9.17) is 10.5 Å². The highest BCUT2D eigenvalue weighted by Crippen LogP contribution is 2.22. The highest BCUT2D eigenvalue weighted by atomic mass is 19.1. The minimum atomic E-state index is -0.628. The van der Waals surface area contributed by atoms with Gasteiger partial charge in [0.2, 0.25) is 0 Å². The first-order valence-electron chi connectivity index (χ1n) is 4.61. The van der Waals surface area contributed by atoms with Crippen LogP contribution >= 0.6 is 0 Å². The van der Waals surface area contributed by atoms with Crippen LogP contribution in [0, 0.1) is 12.7 Å². The van der Waals surface area contributed by atoms with Crippen molar-refractivity contribution in [2.24, 2.45) is 5.73 Å². The number of aryl methyl sites for hydroxylation is 1. The van der Waals surface area contributed by atoms with Gasteiger partial charge in [-0.05, 0) is 31.5 Å². The van der Waals surface area contributed by atoms with Gasteiger partial charge in [0.25, 0.3) is 0 Å². The number of hydrogen-bond acceptors (Lipinski definition) is 3. The molecule has 4 heteroatoms. The number of carbonyl (C=O) groups is 1. The molecular formula is C11H14FNO2. The van der Waals surface area contributed by atoms with Crippen molar-refractivity contribution in [3.8, 4) is 5.75 Å². The lowest BCUT2D eigenvalue weighted by atomic mass is 10.0. The second-order valence-electron chi connectivity index (χ2n) is 3.45. The van der Waals surface area contributed by atoms with E-state index in [0.717, 1.165) is 0 Å². The van der Waals surface area contributed by atoms with Crippen LogP contribution in [0.5, 0.6) is 5.75 Å². The predicted molar refractivity (Wildman–Crippen MR) is 55.7 cm³/mol. The van der Waals surface area contributed by atoms with E-state index in [2.05, 4.69) is 0 Å². The Morgan fingerprint density at radius 1 is 1.53 bits per heavy atom. The van der Waals surface area contributed by atoms with Crippen molar-refractivity contribution in [1.82, 2.24) is 0 Å². The van der Waals surface area contributed by atoms with E-state index in [9.17, 15) is 9.18 Å². The van der Waals surface area contributed by atoms with Gasteiger partial charge >= 0.3 is 0 Å². The molecule has 0 amide bonds. The van der Waals surface area contributed by atoms with E-state index < -0.39 is 11.9 Å². The summed E-state index contributed by atoms with van der Waals surface area (Å²) in [5, 5.41) is 0. The minimum absolute atomic E-state index is 0.133. The third kappa shape index (κ3) is 2.33. The minimum Gasteiger partial charge on any atom is -0.494 e. The molecule has 1 aromatic rings. The summed E-state index contributed by atoms with van der Waals surface area (Å²) in [4.78, 5) is 11.6. The number of benzene rings is 1. The number of ketones is 1. The molecule has 0 radical (unpaired) electrons. The average Bonchev–Trinajstić information content (AvgIpc) is 2.19. The Balaban J connectivity index is 3.22. The quantitative estimate of drug-likeness (QED) is 0.774. The molecule has 0 aliphatic rings. The number of methoxy groups -OCH3 is 1. The van der Waals surface area contributed by atoms with Gasteiger partial charge in [-0.3, -0.25) is 4.79 Å². The number of Topliss-reactive ketones (excluding diaryl/α,β-unsaturated/α-hetero) is 1. The van der Waals surface area contributed by atoms with Gasteiger partial charge in [0.1, 0.15) is 0 Å². The average molecular weight is 211 g/mol. The summed E-state index contributed by atoms with van der Waals surface area (Å²) < 4.78 is 18.1. The topological polar surface area (TPSA) is 52.3 Å². The Hall–Kier alpha value is -1.42. The molecule has 0 aromatic heterocycles. The molecule has 1 rings (SSSR count). The predicted octanol–water partition coefficient (Wildman–Crippen LogP) is 1.67. The lowest BCUT2D eigenvalue weighted by Gasteiger charge is -2.10. The van der Waals surface area contributed by atoms with E-state index in [0.29, 0.717) is 11.1 Å². The van der Waals surface area contributed by atoms with Gasteiger partial charge in [0.05, 0.1) is 13.2 Å². The number of halogens is 1. The van der Waals surface area contributed by atoms with Gasteiger partial charge in [-0.1, -0.05) is 0 Å². The lowest BCUT2D eigenvalue weighted by molar-refractivity contribution is 0.0967. The van der Waals surface area contributed by atoms with Crippen molar-refractivity contribution in [3.63, 3.8) is 0 Å². The molecule has 0 heterocycles. The van der Waals surface area contributed by atoms with Crippen molar-refractivity contribution in [2.75, 3.05) is 7.11 Å².